The van der Waals surface area contributed by atoms with Crippen LogP contribution in [0, 0.1) is 16.7 Å². The molecule has 0 aromatic carbocycles. The number of nitrogen functional groups attached to an aromatic ring is 1. The minimum atomic E-state index is -0.833. The summed E-state index contributed by atoms with van der Waals surface area (Å²) in [5.74, 6) is -0.444. The lowest BCUT2D eigenvalue weighted by Crippen LogP contribution is -2.14. The Kier molecular flexibility index (Phi) is 8.80. The average molecular weight is 287 g/mol. The van der Waals surface area contributed by atoms with Gasteiger partial charge in [0.2, 0.25) is 5.82 Å². The number of aliphatic carboxylic acids is 1. The molecule has 2 aromatic rings. The minimum Gasteiger partial charge on any atom is -0.481 e. The fraction of sp³-hybridized carbons (Fsp3) is 0.0833. The number of hydrogen-bond donors (Lipinski definition) is 3. The van der Waals surface area contributed by atoms with Crippen molar-refractivity contribution in [3.05, 3.63) is 48.6 Å². The lowest BCUT2D eigenvalue weighted by Gasteiger charge is -1.90. The van der Waals surface area contributed by atoms with Crippen LogP contribution in [0.2, 0.25) is 0 Å². The fourth-order valence-electron chi connectivity index (χ4n) is 0.795. The molecule has 108 valence electrons. The summed E-state index contributed by atoms with van der Waals surface area (Å²) in [5.41, 5.74) is 5.07. The molecule has 21 heavy (non-hydrogen) atoms. The van der Waals surface area contributed by atoms with Crippen molar-refractivity contribution in [2.45, 2.75) is 6.92 Å². The first-order valence-electron chi connectivity index (χ1n) is 5.45. The van der Waals surface area contributed by atoms with Crippen LogP contribution in [0.15, 0.2) is 36.9 Å². The highest BCUT2D eigenvalue weighted by atomic mass is 16.4. The summed E-state index contributed by atoms with van der Waals surface area (Å²) < 4.78 is 0. The number of carbonyl (C=O) groups is 1. The fourth-order valence-corrected chi connectivity index (χ4v) is 0.795. The van der Waals surface area contributed by atoms with Gasteiger partial charge in [0.15, 0.2) is 11.7 Å². The molecule has 0 aliphatic heterocycles. The molecule has 0 amide bonds. The molecule has 0 spiro atoms. The van der Waals surface area contributed by atoms with E-state index < -0.39 is 5.97 Å². The van der Waals surface area contributed by atoms with Crippen LogP contribution in [0.25, 0.3) is 0 Å². The minimum absolute atomic E-state index is 0.101. The lowest BCUT2D eigenvalue weighted by atomic mass is 10.5. The maximum absolute atomic E-state index is 9.00. The van der Waals surface area contributed by atoms with Gasteiger partial charge in [-0.25, -0.2) is 19.9 Å². The van der Waals surface area contributed by atoms with Crippen LogP contribution < -0.4 is 5.73 Å². The van der Waals surface area contributed by atoms with Crippen molar-refractivity contribution in [1.82, 2.24) is 19.9 Å². The van der Waals surface area contributed by atoms with Crippen LogP contribution in [0.5, 0.6) is 0 Å². The number of hydrogen-bond acceptors (Lipinski definition) is 7. The summed E-state index contributed by atoms with van der Waals surface area (Å²) in [6.07, 6.45) is 6.16. The number of rotatable bonds is 1. The van der Waals surface area contributed by atoms with Crippen molar-refractivity contribution in [3.8, 4) is 6.07 Å². The predicted octanol–water partition coefficient (Wildman–Crippen LogP) is 0.200. The maximum atomic E-state index is 9.00. The molecule has 0 bridgehead atoms. The summed E-state index contributed by atoms with van der Waals surface area (Å²) in [5, 5.41) is 22.5. The summed E-state index contributed by atoms with van der Waals surface area (Å²) in [7, 11) is 0. The Morgan fingerprint density at radius 1 is 1.19 bits per heavy atom. The third-order valence-corrected chi connectivity index (χ3v) is 1.47. The molecule has 0 saturated heterocycles. The molecule has 2 heterocycles. The summed E-state index contributed by atoms with van der Waals surface area (Å²) in [6, 6.07) is 5.15. The summed E-state index contributed by atoms with van der Waals surface area (Å²) in [6.45, 7) is 1.08. The Bertz CT molecular complexity index is 592. The van der Waals surface area contributed by atoms with Gasteiger partial charge in [-0.05, 0) is 12.1 Å². The van der Waals surface area contributed by atoms with Crippen LogP contribution in [0.4, 0.5) is 0 Å². The maximum Gasteiger partial charge on any atom is 0.300 e. The van der Waals surface area contributed by atoms with Gasteiger partial charge in [-0.1, -0.05) is 0 Å². The first kappa shape index (κ1) is 17.6. The zero-order chi connectivity index (χ0) is 16.1. The van der Waals surface area contributed by atoms with Gasteiger partial charge in [0.25, 0.3) is 5.97 Å². The van der Waals surface area contributed by atoms with Crippen LogP contribution in [0.3, 0.4) is 0 Å². The van der Waals surface area contributed by atoms with Gasteiger partial charge in [-0.15, -0.1) is 0 Å². The molecule has 0 saturated carbocycles. The first-order valence-corrected chi connectivity index (χ1v) is 5.45. The van der Waals surface area contributed by atoms with Crippen molar-refractivity contribution in [3.63, 3.8) is 0 Å². The molecule has 0 radical (unpaired) electrons. The second kappa shape index (κ2) is 10.5. The Morgan fingerprint density at radius 2 is 1.57 bits per heavy atom. The van der Waals surface area contributed by atoms with Crippen molar-refractivity contribution < 1.29 is 9.90 Å². The van der Waals surface area contributed by atoms with Crippen molar-refractivity contribution in [2.75, 3.05) is 0 Å². The van der Waals surface area contributed by atoms with Crippen LogP contribution >= 0.6 is 0 Å². The van der Waals surface area contributed by atoms with Gasteiger partial charge in [-0.3, -0.25) is 10.2 Å². The molecule has 0 aliphatic rings. The number of carboxylic acid groups (broad SMARTS) is 1. The third-order valence-electron chi connectivity index (χ3n) is 1.47. The molecule has 2 rings (SSSR count). The van der Waals surface area contributed by atoms with Gasteiger partial charge in [-0.2, -0.15) is 5.26 Å². The zero-order valence-electron chi connectivity index (χ0n) is 11.1. The highest BCUT2D eigenvalue weighted by Crippen LogP contribution is 1.82. The third kappa shape index (κ3) is 10.2. The largest absolute Gasteiger partial charge is 0.481 e. The normalized spacial score (nSPS) is 8.00. The molecule has 2 aromatic heterocycles. The second-order valence-corrected chi connectivity index (χ2v) is 3.19. The van der Waals surface area contributed by atoms with Gasteiger partial charge < -0.3 is 10.8 Å². The van der Waals surface area contributed by atoms with E-state index in [1.807, 2.05) is 0 Å². The topological polar surface area (TPSA) is 163 Å². The number of nitrogens with one attached hydrogen (secondary N) is 1. The number of nitriles is 1. The first-order chi connectivity index (χ1) is 9.97. The van der Waals surface area contributed by atoms with Crippen molar-refractivity contribution in [2.24, 2.45) is 5.73 Å². The number of amidine groups is 1. The number of nitrogens with zero attached hydrogens (tertiary/aromatic N) is 5. The van der Waals surface area contributed by atoms with E-state index in [2.05, 4.69) is 19.9 Å². The monoisotopic (exact) mass is 287 g/mol. The quantitative estimate of drug-likeness (QED) is 0.494. The average Bonchev–Trinajstić information content (AvgIpc) is 2.49. The van der Waals surface area contributed by atoms with Crippen LogP contribution in [-0.2, 0) is 4.79 Å². The highest BCUT2D eigenvalue weighted by Gasteiger charge is 1.93. The van der Waals surface area contributed by atoms with E-state index in [1.54, 1.807) is 30.6 Å². The van der Waals surface area contributed by atoms with Crippen molar-refractivity contribution in [1.29, 1.82) is 10.7 Å². The lowest BCUT2D eigenvalue weighted by molar-refractivity contribution is -0.134. The summed E-state index contributed by atoms with van der Waals surface area (Å²) >= 11 is 0. The van der Waals surface area contributed by atoms with E-state index >= 15 is 0 Å². The van der Waals surface area contributed by atoms with Gasteiger partial charge in [0.1, 0.15) is 6.07 Å². The molecule has 0 aliphatic carbocycles. The Balaban J connectivity index is 0.000000308. The standard InChI is InChI=1S/C5H6N4.C5H3N3.C2H4O2/c6-4(7)5-8-2-1-3-9-5;6-4-5-7-2-1-3-8-5;1-2(3)4/h1-3H,(H3,6,7);1-3H;1H3,(H,3,4). The van der Waals surface area contributed by atoms with E-state index in [9.17, 15) is 0 Å². The molecule has 0 atom stereocenters. The predicted molar refractivity (Wildman–Crippen MR) is 73.1 cm³/mol. The van der Waals surface area contributed by atoms with Gasteiger partial charge in [0.05, 0.1) is 0 Å². The number of carboxylic acids is 1. The van der Waals surface area contributed by atoms with E-state index in [1.165, 1.54) is 12.4 Å². The van der Waals surface area contributed by atoms with Crippen molar-refractivity contribution >= 4 is 11.8 Å². The molecular weight excluding hydrogens is 274 g/mol. The zero-order valence-corrected chi connectivity index (χ0v) is 11.1. The summed E-state index contributed by atoms with van der Waals surface area (Å²) in [4.78, 5) is 23.7. The Hall–Kier alpha value is -3.41. The Labute approximate surface area is 120 Å². The molecule has 0 unspecified atom stereocenters. The van der Waals surface area contributed by atoms with E-state index in [0.717, 1.165) is 6.92 Å². The molecule has 9 heteroatoms. The molecule has 9 nitrogen and oxygen atoms in total. The van der Waals surface area contributed by atoms with E-state index in [0.29, 0.717) is 0 Å². The number of nitrogens with two attached hydrogens (primary N) is 1. The molecular formula is C12H13N7O2. The SMILES string of the molecule is CC(=O)O.N#Cc1ncccn1.N=C(N)c1ncccn1. The number of aromatic nitrogens is 4. The van der Waals surface area contributed by atoms with E-state index in [4.69, 9.17) is 26.3 Å². The second-order valence-electron chi connectivity index (χ2n) is 3.19. The molecule has 4 N–H and O–H groups in total. The van der Waals surface area contributed by atoms with E-state index in [-0.39, 0.29) is 17.5 Å². The Morgan fingerprint density at radius 3 is 1.81 bits per heavy atom. The van der Waals surface area contributed by atoms with Crippen LogP contribution in [0.1, 0.15) is 18.6 Å². The highest BCUT2D eigenvalue weighted by molar-refractivity contribution is 5.90. The smallest absolute Gasteiger partial charge is 0.300 e. The molecule has 0 fully saturated rings. The van der Waals surface area contributed by atoms with Gasteiger partial charge >= 0.3 is 0 Å². The van der Waals surface area contributed by atoms with Gasteiger partial charge in [0, 0.05) is 31.7 Å². The van der Waals surface area contributed by atoms with Crippen LogP contribution in [-0.4, -0.2) is 36.8 Å².